The van der Waals surface area contributed by atoms with Crippen LogP contribution in [0.3, 0.4) is 0 Å². The second kappa shape index (κ2) is 6.14. The van der Waals surface area contributed by atoms with Gasteiger partial charge < -0.3 is 19.8 Å². The van der Waals surface area contributed by atoms with Crippen LogP contribution in [0.2, 0.25) is 0 Å². The molecule has 0 bridgehead atoms. The van der Waals surface area contributed by atoms with Crippen molar-refractivity contribution in [1.82, 2.24) is 5.32 Å². The summed E-state index contributed by atoms with van der Waals surface area (Å²) in [5, 5.41) is 5.56. The van der Waals surface area contributed by atoms with Gasteiger partial charge in [-0.25, -0.2) is 4.79 Å². The molecule has 5 nitrogen and oxygen atoms in total. The Labute approximate surface area is 117 Å². The number of methoxy groups -OCH3 is 1. The van der Waals surface area contributed by atoms with Gasteiger partial charge in [-0.3, -0.25) is 0 Å². The van der Waals surface area contributed by atoms with E-state index in [0.717, 1.165) is 17.3 Å². The maximum atomic E-state index is 11.9. The fraction of sp³-hybridized carbons (Fsp3) is 0.267. The molecule has 0 saturated heterocycles. The van der Waals surface area contributed by atoms with Crippen molar-refractivity contribution in [2.75, 3.05) is 12.4 Å². The highest BCUT2D eigenvalue weighted by Crippen LogP contribution is 2.17. The van der Waals surface area contributed by atoms with Gasteiger partial charge in [0.05, 0.1) is 13.2 Å². The van der Waals surface area contributed by atoms with E-state index in [0.29, 0.717) is 5.69 Å². The van der Waals surface area contributed by atoms with Crippen LogP contribution in [0.25, 0.3) is 0 Å². The number of amides is 2. The summed E-state index contributed by atoms with van der Waals surface area (Å²) in [7, 11) is 1.60. The predicted octanol–water partition coefficient (Wildman–Crippen LogP) is 3.48. The molecule has 0 aliphatic heterocycles. The second-order valence-corrected chi connectivity index (χ2v) is 4.50. The van der Waals surface area contributed by atoms with Crippen LogP contribution in [0, 0.1) is 6.92 Å². The van der Waals surface area contributed by atoms with E-state index in [1.807, 2.05) is 26.0 Å². The number of furan rings is 1. The first-order chi connectivity index (χ1) is 9.58. The first-order valence-corrected chi connectivity index (χ1v) is 6.36. The average Bonchev–Trinajstić information content (AvgIpc) is 2.86. The van der Waals surface area contributed by atoms with Gasteiger partial charge in [-0.1, -0.05) is 0 Å². The molecule has 2 amide bonds. The molecule has 0 radical (unpaired) electrons. The van der Waals surface area contributed by atoms with E-state index in [2.05, 4.69) is 10.6 Å². The Kier molecular flexibility index (Phi) is 4.30. The highest BCUT2D eigenvalue weighted by molar-refractivity contribution is 5.89. The first-order valence-electron chi connectivity index (χ1n) is 6.36. The zero-order chi connectivity index (χ0) is 14.5. The number of rotatable bonds is 4. The lowest BCUT2D eigenvalue weighted by Gasteiger charge is -2.12. The van der Waals surface area contributed by atoms with E-state index < -0.39 is 0 Å². The number of urea groups is 1. The number of nitrogens with one attached hydrogen (secondary N) is 2. The summed E-state index contributed by atoms with van der Waals surface area (Å²) in [5.41, 5.74) is 0.700. The van der Waals surface area contributed by atoms with Crippen molar-refractivity contribution in [1.29, 1.82) is 0 Å². The fourth-order valence-corrected chi connectivity index (χ4v) is 1.80. The molecule has 2 aromatic rings. The molecule has 1 atom stereocenters. The molecule has 106 valence electrons. The number of anilines is 1. The van der Waals surface area contributed by atoms with Crippen molar-refractivity contribution in [3.8, 4) is 5.75 Å². The summed E-state index contributed by atoms with van der Waals surface area (Å²) in [6.07, 6.45) is 0. The van der Waals surface area contributed by atoms with Gasteiger partial charge in [-0.15, -0.1) is 0 Å². The molecular formula is C15H18N2O3. The predicted molar refractivity (Wildman–Crippen MR) is 77.0 cm³/mol. The summed E-state index contributed by atoms with van der Waals surface area (Å²) in [5.74, 6) is 2.30. The molecule has 2 rings (SSSR count). The van der Waals surface area contributed by atoms with Gasteiger partial charge in [0.15, 0.2) is 0 Å². The largest absolute Gasteiger partial charge is 0.497 e. The van der Waals surface area contributed by atoms with Gasteiger partial charge in [0, 0.05) is 5.69 Å². The topological polar surface area (TPSA) is 63.5 Å². The van der Waals surface area contributed by atoms with Crippen molar-refractivity contribution < 1.29 is 13.9 Å². The first kappa shape index (κ1) is 14.0. The van der Waals surface area contributed by atoms with E-state index in [4.69, 9.17) is 9.15 Å². The summed E-state index contributed by atoms with van der Waals surface area (Å²) >= 11 is 0. The minimum absolute atomic E-state index is 0.193. The molecule has 0 unspecified atom stereocenters. The van der Waals surface area contributed by atoms with Crippen molar-refractivity contribution in [3.05, 3.63) is 47.9 Å². The molecular weight excluding hydrogens is 256 g/mol. The number of carbonyl (C=O) groups excluding carboxylic acids is 1. The zero-order valence-electron chi connectivity index (χ0n) is 11.8. The van der Waals surface area contributed by atoms with Crippen LogP contribution in [0.15, 0.2) is 40.8 Å². The number of ether oxygens (including phenoxy) is 1. The summed E-state index contributed by atoms with van der Waals surface area (Å²) in [6, 6.07) is 10.4. The number of benzene rings is 1. The van der Waals surface area contributed by atoms with Crippen LogP contribution in [0.1, 0.15) is 24.5 Å². The fourth-order valence-electron chi connectivity index (χ4n) is 1.80. The Bertz CT molecular complexity index is 575. The van der Waals surface area contributed by atoms with E-state index >= 15 is 0 Å². The third kappa shape index (κ3) is 3.54. The van der Waals surface area contributed by atoms with Crippen LogP contribution in [-0.4, -0.2) is 13.1 Å². The van der Waals surface area contributed by atoms with Crippen LogP contribution >= 0.6 is 0 Å². The second-order valence-electron chi connectivity index (χ2n) is 4.50. The molecule has 5 heteroatoms. The molecule has 0 spiro atoms. The lowest BCUT2D eigenvalue weighted by atomic mass is 10.2. The molecule has 0 aliphatic carbocycles. The summed E-state index contributed by atoms with van der Waals surface area (Å²) in [4.78, 5) is 11.9. The smallest absolute Gasteiger partial charge is 0.319 e. The Balaban J connectivity index is 1.91. The molecule has 20 heavy (non-hydrogen) atoms. The molecule has 0 aliphatic rings. The van der Waals surface area contributed by atoms with Crippen molar-refractivity contribution in [2.24, 2.45) is 0 Å². The maximum absolute atomic E-state index is 11.9. The van der Waals surface area contributed by atoms with Crippen LogP contribution < -0.4 is 15.4 Å². The molecule has 1 aromatic heterocycles. The monoisotopic (exact) mass is 274 g/mol. The minimum Gasteiger partial charge on any atom is -0.497 e. The molecule has 1 aromatic carbocycles. The van der Waals surface area contributed by atoms with E-state index in [-0.39, 0.29) is 12.1 Å². The molecule has 0 saturated carbocycles. The number of hydrogen-bond acceptors (Lipinski definition) is 3. The molecule has 2 N–H and O–H groups in total. The van der Waals surface area contributed by atoms with E-state index in [1.165, 1.54) is 0 Å². The van der Waals surface area contributed by atoms with Crippen LogP contribution in [0.4, 0.5) is 10.5 Å². The number of carbonyl (C=O) groups is 1. The standard InChI is InChI=1S/C15H18N2O3/c1-10-4-9-14(20-10)11(2)16-15(18)17-12-5-7-13(19-3)8-6-12/h4-9,11H,1-3H3,(H2,16,17,18)/t11-/m1/s1. The van der Waals surface area contributed by atoms with Crippen molar-refractivity contribution in [3.63, 3.8) is 0 Å². The van der Waals surface area contributed by atoms with Gasteiger partial charge in [-0.2, -0.15) is 0 Å². The van der Waals surface area contributed by atoms with Gasteiger partial charge >= 0.3 is 6.03 Å². The Hall–Kier alpha value is -2.43. The normalized spacial score (nSPS) is 11.8. The Morgan fingerprint density at radius 3 is 2.45 bits per heavy atom. The lowest BCUT2D eigenvalue weighted by Crippen LogP contribution is -2.30. The van der Waals surface area contributed by atoms with Crippen LogP contribution in [0.5, 0.6) is 5.75 Å². The highest BCUT2D eigenvalue weighted by atomic mass is 16.5. The quantitative estimate of drug-likeness (QED) is 0.897. The van der Waals surface area contributed by atoms with Gasteiger partial charge in [0.25, 0.3) is 0 Å². The minimum atomic E-state index is -0.281. The zero-order valence-corrected chi connectivity index (χ0v) is 11.8. The third-order valence-electron chi connectivity index (χ3n) is 2.88. The van der Waals surface area contributed by atoms with E-state index in [1.54, 1.807) is 31.4 Å². The molecule has 1 heterocycles. The lowest BCUT2D eigenvalue weighted by molar-refractivity contribution is 0.247. The van der Waals surface area contributed by atoms with Gasteiger partial charge in [0.1, 0.15) is 17.3 Å². The molecule has 0 fully saturated rings. The Morgan fingerprint density at radius 2 is 1.90 bits per heavy atom. The SMILES string of the molecule is COc1ccc(NC(=O)N[C@H](C)c2ccc(C)o2)cc1. The summed E-state index contributed by atoms with van der Waals surface area (Å²) < 4.78 is 10.5. The van der Waals surface area contributed by atoms with Crippen molar-refractivity contribution >= 4 is 11.7 Å². The number of hydrogen-bond donors (Lipinski definition) is 2. The summed E-state index contributed by atoms with van der Waals surface area (Å²) in [6.45, 7) is 3.74. The maximum Gasteiger partial charge on any atom is 0.319 e. The van der Waals surface area contributed by atoms with Gasteiger partial charge in [0.2, 0.25) is 0 Å². The van der Waals surface area contributed by atoms with Gasteiger partial charge in [-0.05, 0) is 50.2 Å². The van der Waals surface area contributed by atoms with Crippen molar-refractivity contribution in [2.45, 2.75) is 19.9 Å². The number of aryl methyl sites for hydroxylation is 1. The third-order valence-corrected chi connectivity index (χ3v) is 2.88. The Morgan fingerprint density at radius 1 is 1.20 bits per heavy atom. The highest BCUT2D eigenvalue weighted by Gasteiger charge is 2.12. The average molecular weight is 274 g/mol. The van der Waals surface area contributed by atoms with E-state index in [9.17, 15) is 4.79 Å². The van der Waals surface area contributed by atoms with Crippen LogP contribution in [-0.2, 0) is 0 Å².